The lowest BCUT2D eigenvalue weighted by Gasteiger charge is -2.27. The highest BCUT2D eigenvalue weighted by atomic mass is 16.2. The first-order valence-electron chi connectivity index (χ1n) is 8.07. The fraction of sp³-hybridized carbons (Fsp3) is 0.471. The lowest BCUT2D eigenvalue weighted by molar-refractivity contribution is -0.128. The van der Waals surface area contributed by atoms with Crippen LogP contribution in [0.25, 0.3) is 0 Å². The number of carbonyl (C=O) groups excluding carboxylic acids is 1. The molecule has 0 saturated carbocycles. The molecule has 0 aliphatic carbocycles. The molecule has 0 bridgehead atoms. The summed E-state index contributed by atoms with van der Waals surface area (Å²) < 4.78 is 1.86. The topological polar surface area (TPSA) is 63.1 Å². The van der Waals surface area contributed by atoms with E-state index in [0.717, 1.165) is 30.9 Å². The second-order valence-corrected chi connectivity index (χ2v) is 5.95. The third-order valence-corrected chi connectivity index (χ3v) is 4.54. The van der Waals surface area contributed by atoms with Crippen LogP contribution in [0.15, 0.2) is 36.8 Å². The van der Waals surface area contributed by atoms with Gasteiger partial charge in [-0.05, 0) is 24.6 Å². The summed E-state index contributed by atoms with van der Waals surface area (Å²) in [6, 6.07) is 6.11. The number of nitrogens with one attached hydrogen (secondary N) is 1. The summed E-state index contributed by atoms with van der Waals surface area (Å²) in [5, 5.41) is 7.65. The van der Waals surface area contributed by atoms with Gasteiger partial charge in [-0.15, -0.1) is 0 Å². The van der Waals surface area contributed by atoms with E-state index >= 15 is 0 Å². The molecule has 2 atom stereocenters. The Bertz CT molecular complexity index is 654. The summed E-state index contributed by atoms with van der Waals surface area (Å²) in [7, 11) is 1.94. The van der Waals surface area contributed by atoms with E-state index in [2.05, 4.69) is 21.5 Å². The maximum absolute atomic E-state index is 12.3. The van der Waals surface area contributed by atoms with Gasteiger partial charge in [0.05, 0.1) is 11.7 Å². The van der Waals surface area contributed by atoms with Gasteiger partial charge in [-0.25, -0.2) is 0 Å². The fourth-order valence-electron chi connectivity index (χ4n) is 3.38. The quantitative estimate of drug-likeness (QED) is 0.878. The molecule has 3 heterocycles. The summed E-state index contributed by atoms with van der Waals surface area (Å²) in [6.45, 7) is 4.32. The molecule has 0 radical (unpaired) electrons. The molecular weight excluding hydrogens is 290 g/mol. The number of aryl methyl sites for hydroxylation is 1. The molecule has 2 aromatic heterocycles. The van der Waals surface area contributed by atoms with Crippen molar-refractivity contribution in [2.24, 2.45) is 13.0 Å². The Balaban J connectivity index is 1.69. The molecule has 122 valence electrons. The number of hydrogen-bond acceptors (Lipinski definition) is 4. The molecule has 0 aromatic carbocycles. The van der Waals surface area contributed by atoms with E-state index in [0.29, 0.717) is 6.42 Å². The predicted molar refractivity (Wildman–Crippen MR) is 87.4 cm³/mol. The lowest BCUT2D eigenvalue weighted by atomic mass is 9.94. The molecule has 1 fully saturated rings. The van der Waals surface area contributed by atoms with Gasteiger partial charge in [-0.1, -0.05) is 6.07 Å². The van der Waals surface area contributed by atoms with Gasteiger partial charge < -0.3 is 10.2 Å². The van der Waals surface area contributed by atoms with E-state index < -0.39 is 0 Å². The largest absolute Gasteiger partial charge is 0.336 e. The maximum atomic E-state index is 12.3. The van der Waals surface area contributed by atoms with Crippen LogP contribution in [0.4, 0.5) is 0 Å². The second-order valence-electron chi connectivity index (χ2n) is 5.95. The molecule has 2 aromatic rings. The minimum absolute atomic E-state index is 0.111. The predicted octanol–water partition coefficient (Wildman–Crippen LogP) is 1.51. The normalized spacial score (nSPS) is 21.1. The summed E-state index contributed by atoms with van der Waals surface area (Å²) in [4.78, 5) is 18.5. The number of nitrogens with zero attached hydrogens (tertiary/aromatic N) is 4. The van der Waals surface area contributed by atoms with E-state index in [1.165, 1.54) is 0 Å². The van der Waals surface area contributed by atoms with Gasteiger partial charge in [0, 0.05) is 57.6 Å². The zero-order chi connectivity index (χ0) is 16.2. The highest BCUT2D eigenvalue weighted by Gasteiger charge is 2.39. The molecule has 6 nitrogen and oxygen atoms in total. The number of carbonyl (C=O) groups is 1. The first-order valence-corrected chi connectivity index (χ1v) is 8.07. The summed E-state index contributed by atoms with van der Waals surface area (Å²) in [5.74, 6) is 0.494. The van der Waals surface area contributed by atoms with Crippen molar-refractivity contribution in [2.75, 3.05) is 13.1 Å². The van der Waals surface area contributed by atoms with Crippen LogP contribution >= 0.6 is 0 Å². The molecule has 1 aliphatic rings. The van der Waals surface area contributed by atoms with Crippen LogP contribution in [0.5, 0.6) is 0 Å². The molecule has 3 rings (SSSR count). The molecular formula is C17H23N5O. The van der Waals surface area contributed by atoms with E-state index in [1.54, 1.807) is 12.4 Å². The molecule has 0 unspecified atom stereocenters. The van der Waals surface area contributed by atoms with E-state index in [1.807, 2.05) is 41.9 Å². The van der Waals surface area contributed by atoms with Crippen molar-refractivity contribution < 1.29 is 4.79 Å². The molecule has 1 amide bonds. The van der Waals surface area contributed by atoms with Crippen LogP contribution in [-0.4, -0.2) is 38.7 Å². The number of hydrogen-bond donors (Lipinski definition) is 1. The maximum Gasteiger partial charge on any atom is 0.223 e. The Kier molecular flexibility index (Phi) is 4.71. The Morgan fingerprint density at radius 2 is 2.22 bits per heavy atom. The minimum atomic E-state index is 0.111. The molecule has 1 saturated heterocycles. The highest BCUT2D eigenvalue weighted by molar-refractivity contribution is 5.79. The van der Waals surface area contributed by atoms with Crippen molar-refractivity contribution in [1.29, 1.82) is 0 Å². The first kappa shape index (κ1) is 15.7. The number of amides is 1. The zero-order valence-electron chi connectivity index (χ0n) is 13.6. The number of aromatic nitrogens is 3. The van der Waals surface area contributed by atoms with Crippen molar-refractivity contribution in [3.05, 3.63) is 48.0 Å². The van der Waals surface area contributed by atoms with Crippen molar-refractivity contribution in [3.8, 4) is 0 Å². The van der Waals surface area contributed by atoms with Gasteiger partial charge in [0.25, 0.3) is 0 Å². The van der Waals surface area contributed by atoms with Crippen LogP contribution < -0.4 is 5.32 Å². The van der Waals surface area contributed by atoms with Crippen LogP contribution in [0.1, 0.15) is 30.6 Å². The first-order chi connectivity index (χ1) is 11.2. The molecule has 23 heavy (non-hydrogen) atoms. The van der Waals surface area contributed by atoms with Crippen LogP contribution in [0.2, 0.25) is 0 Å². The molecule has 1 N–H and O–H groups in total. The average Bonchev–Trinajstić information content (AvgIpc) is 3.11. The van der Waals surface area contributed by atoms with Gasteiger partial charge in [-0.2, -0.15) is 5.10 Å². The SMILES string of the molecule is CCN1C(=O)C[C@@H](CNCc2ccnn2C)[C@@H]1c1cccnc1. The highest BCUT2D eigenvalue weighted by Crippen LogP contribution is 2.37. The Morgan fingerprint density at radius 1 is 1.35 bits per heavy atom. The number of rotatable bonds is 6. The summed E-state index contributed by atoms with van der Waals surface area (Å²) >= 11 is 0. The Hall–Kier alpha value is -2.21. The van der Waals surface area contributed by atoms with Crippen LogP contribution in [0.3, 0.4) is 0 Å². The smallest absolute Gasteiger partial charge is 0.223 e. The third-order valence-electron chi connectivity index (χ3n) is 4.54. The number of pyridine rings is 1. The van der Waals surface area contributed by atoms with Crippen LogP contribution in [-0.2, 0) is 18.4 Å². The van der Waals surface area contributed by atoms with Gasteiger partial charge >= 0.3 is 0 Å². The summed E-state index contributed by atoms with van der Waals surface area (Å²) in [5.41, 5.74) is 2.26. The van der Waals surface area contributed by atoms with Gasteiger partial charge in [0.2, 0.25) is 5.91 Å². The summed E-state index contributed by atoms with van der Waals surface area (Å²) in [6.07, 6.45) is 6.03. The number of likely N-dealkylation sites (tertiary alicyclic amines) is 1. The standard InChI is InChI=1S/C17H23N5O/c1-3-22-16(23)9-14(17(22)13-5-4-7-18-10-13)11-19-12-15-6-8-20-21(15)2/h4-8,10,14,17,19H,3,9,11-12H2,1-2H3/t14-,17-/m0/s1. The van der Waals surface area contributed by atoms with Crippen LogP contribution in [0, 0.1) is 5.92 Å². The van der Waals surface area contributed by atoms with E-state index in [9.17, 15) is 4.79 Å². The second kappa shape index (κ2) is 6.91. The van der Waals surface area contributed by atoms with Crippen molar-refractivity contribution >= 4 is 5.91 Å². The van der Waals surface area contributed by atoms with Crippen molar-refractivity contribution in [2.45, 2.75) is 25.9 Å². The fourth-order valence-corrected chi connectivity index (χ4v) is 3.38. The molecule has 6 heteroatoms. The van der Waals surface area contributed by atoms with Gasteiger partial charge in [0.1, 0.15) is 0 Å². The monoisotopic (exact) mass is 313 g/mol. The van der Waals surface area contributed by atoms with Crippen molar-refractivity contribution in [1.82, 2.24) is 25.0 Å². The molecule has 1 aliphatic heterocycles. The van der Waals surface area contributed by atoms with E-state index in [-0.39, 0.29) is 17.9 Å². The van der Waals surface area contributed by atoms with E-state index in [4.69, 9.17) is 0 Å². The Labute approximate surface area is 136 Å². The van der Waals surface area contributed by atoms with Crippen molar-refractivity contribution in [3.63, 3.8) is 0 Å². The minimum Gasteiger partial charge on any atom is -0.336 e. The molecule has 0 spiro atoms. The lowest BCUT2D eigenvalue weighted by Crippen LogP contribution is -2.31. The zero-order valence-corrected chi connectivity index (χ0v) is 13.6. The average molecular weight is 313 g/mol. The Morgan fingerprint density at radius 3 is 2.87 bits per heavy atom. The van der Waals surface area contributed by atoms with Gasteiger partial charge in [0.15, 0.2) is 0 Å². The third kappa shape index (κ3) is 3.27. The van der Waals surface area contributed by atoms with Gasteiger partial charge in [-0.3, -0.25) is 14.5 Å².